The number of nitrogens with two attached hydrogens (primary N) is 1. The molecule has 1 aromatic carbocycles. The average molecular weight is 529 g/mol. The number of hydrogen-bond acceptors (Lipinski definition) is 6. The molecule has 1 aliphatic carbocycles. The largest absolute Gasteiger partial charge is 0.464 e. The standard InChI is InChI=1S/C30H36N6O3/c31-20-24-9-10-25-19-28(33-30(32)37)36(27(25)18-24)14-5-4-11-34-12-6-13-35(16-15-34)29-22-38-21-26(39-29)17-23-7-2-1-3-8-23/h1-2,7,9-10,18-19,21-22H,3-6,8,11-17H2,(H3,32,33,37). The summed E-state index contributed by atoms with van der Waals surface area (Å²) in [7, 11) is 0. The van der Waals surface area contributed by atoms with Crippen LogP contribution in [0.4, 0.5) is 10.6 Å². The van der Waals surface area contributed by atoms with Gasteiger partial charge in [-0.3, -0.25) is 5.32 Å². The van der Waals surface area contributed by atoms with Crippen molar-refractivity contribution >= 4 is 22.8 Å². The second kappa shape index (κ2) is 12.6. The van der Waals surface area contributed by atoms with Crippen molar-refractivity contribution < 1.29 is 14.3 Å². The van der Waals surface area contributed by atoms with Gasteiger partial charge in [-0.25, -0.2) is 4.79 Å². The van der Waals surface area contributed by atoms with Crippen LogP contribution in [0.3, 0.4) is 0 Å². The van der Waals surface area contributed by atoms with Crippen LogP contribution in [-0.4, -0.2) is 53.1 Å². The van der Waals surface area contributed by atoms with Crippen LogP contribution < -0.4 is 11.1 Å². The molecular weight excluding hydrogens is 492 g/mol. The molecule has 0 radical (unpaired) electrons. The van der Waals surface area contributed by atoms with Crippen LogP contribution in [0, 0.1) is 11.3 Å². The zero-order valence-corrected chi connectivity index (χ0v) is 22.3. The third-order valence-electron chi connectivity index (χ3n) is 7.40. The number of benzene rings is 1. The van der Waals surface area contributed by atoms with E-state index >= 15 is 0 Å². The second-order valence-electron chi connectivity index (χ2n) is 10.2. The van der Waals surface area contributed by atoms with E-state index in [1.54, 1.807) is 18.6 Å². The minimum Gasteiger partial charge on any atom is -0.464 e. The summed E-state index contributed by atoms with van der Waals surface area (Å²) in [6, 6.07) is 9.05. The number of rotatable bonds is 9. The second-order valence-corrected chi connectivity index (χ2v) is 10.2. The lowest BCUT2D eigenvalue weighted by Crippen LogP contribution is -2.32. The molecule has 2 aliphatic heterocycles. The average Bonchev–Trinajstić information content (AvgIpc) is 3.10. The molecule has 39 heavy (non-hydrogen) atoms. The number of ether oxygens (including phenoxy) is 2. The van der Waals surface area contributed by atoms with E-state index in [4.69, 9.17) is 15.2 Å². The third kappa shape index (κ3) is 6.84. The monoisotopic (exact) mass is 528 g/mol. The Kier molecular flexibility index (Phi) is 8.54. The molecule has 9 nitrogen and oxygen atoms in total. The number of carbonyl (C=O) groups is 1. The maximum atomic E-state index is 11.5. The molecule has 5 rings (SSSR count). The van der Waals surface area contributed by atoms with Gasteiger partial charge in [-0.2, -0.15) is 5.26 Å². The van der Waals surface area contributed by atoms with Crippen molar-refractivity contribution in [3.05, 3.63) is 77.8 Å². The number of nitrogens with one attached hydrogen (secondary N) is 1. The first kappa shape index (κ1) is 26.4. The summed E-state index contributed by atoms with van der Waals surface area (Å²) in [4.78, 5) is 16.3. The van der Waals surface area contributed by atoms with Gasteiger partial charge in [0.1, 0.15) is 17.8 Å². The first-order chi connectivity index (χ1) is 19.1. The van der Waals surface area contributed by atoms with Crippen molar-refractivity contribution in [2.45, 2.75) is 45.1 Å². The third-order valence-corrected chi connectivity index (χ3v) is 7.40. The van der Waals surface area contributed by atoms with E-state index in [-0.39, 0.29) is 0 Å². The Morgan fingerprint density at radius 2 is 2.00 bits per heavy atom. The molecule has 3 heterocycles. The number of carbonyl (C=O) groups excluding carboxylic acids is 1. The molecule has 0 saturated carbocycles. The van der Waals surface area contributed by atoms with Crippen molar-refractivity contribution in [3.63, 3.8) is 0 Å². The summed E-state index contributed by atoms with van der Waals surface area (Å²) in [5.74, 6) is 2.32. The Morgan fingerprint density at radius 1 is 1.10 bits per heavy atom. The first-order valence-corrected chi connectivity index (χ1v) is 13.7. The zero-order chi connectivity index (χ0) is 27.0. The topological polar surface area (TPSA) is 109 Å². The fourth-order valence-electron chi connectivity index (χ4n) is 5.41. The number of amides is 2. The number of fused-ring (bicyclic) bond motifs is 1. The summed E-state index contributed by atoms with van der Waals surface area (Å²) < 4.78 is 13.9. The number of nitriles is 1. The van der Waals surface area contributed by atoms with Gasteiger partial charge in [0, 0.05) is 38.0 Å². The summed E-state index contributed by atoms with van der Waals surface area (Å²) in [6.45, 7) is 5.55. The molecule has 9 heteroatoms. The number of allylic oxidation sites excluding steroid dienone is 4. The highest BCUT2D eigenvalue weighted by Gasteiger charge is 2.21. The number of aryl methyl sites for hydroxylation is 1. The minimum absolute atomic E-state index is 0.592. The SMILES string of the molecule is N#Cc1ccc2cc(NC(N)=O)n(CCCCN3CCCN(C4=COC=C(CC5=CC=CCC5)O4)CC3)c2c1. The molecule has 204 valence electrons. The molecule has 0 atom stereocenters. The molecule has 2 amide bonds. The van der Waals surface area contributed by atoms with Gasteiger partial charge in [0.2, 0.25) is 5.88 Å². The highest BCUT2D eigenvalue weighted by Crippen LogP contribution is 2.27. The molecule has 3 aliphatic rings. The van der Waals surface area contributed by atoms with Gasteiger partial charge in [-0.05, 0) is 63.4 Å². The summed E-state index contributed by atoms with van der Waals surface area (Å²) >= 11 is 0. The van der Waals surface area contributed by atoms with E-state index in [0.29, 0.717) is 11.4 Å². The maximum Gasteiger partial charge on any atom is 0.317 e. The number of urea groups is 1. The van der Waals surface area contributed by atoms with Crippen molar-refractivity contribution in [1.29, 1.82) is 5.26 Å². The van der Waals surface area contributed by atoms with Gasteiger partial charge in [0.15, 0.2) is 6.26 Å². The molecular formula is C30H36N6O3. The molecule has 2 aromatic rings. The molecule has 1 aromatic heterocycles. The summed E-state index contributed by atoms with van der Waals surface area (Å²) in [5.41, 5.74) is 8.28. The highest BCUT2D eigenvalue weighted by atomic mass is 16.6. The Balaban J connectivity index is 1.11. The van der Waals surface area contributed by atoms with Gasteiger partial charge in [0.25, 0.3) is 0 Å². The normalized spacial score (nSPS) is 17.8. The van der Waals surface area contributed by atoms with Crippen LogP contribution in [0.1, 0.15) is 44.1 Å². The van der Waals surface area contributed by atoms with E-state index in [1.807, 2.05) is 22.8 Å². The van der Waals surface area contributed by atoms with Gasteiger partial charge in [-0.1, -0.05) is 29.9 Å². The Bertz CT molecular complexity index is 1360. The highest BCUT2D eigenvalue weighted by molar-refractivity contribution is 5.93. The maximum absolute atomic E-state index is 11.5. The molecule has 1 fully saturated rings. The van der Waals surface area contributed by atoms with Crippen LogP contribution in [0.5, 0.6) is 0 Å². The predicted molar refractivity (Wildman–Crippen MR) is 151 cm³/mol. The van der Waals surface area contributed by atoms with Crippen molar-refractivity contribution in [2.24, 2.45) is 5.73 Å². The predicted octanol–water partition coefficient (Wildman–Crippen LogP) is 5.15. The lowest BCUT2D eigenvalue weighted by atomic mass is 10.0. The Hall–Kier alpha value is -4.16. The van der Waals surface area contributed by atoms with Gasteiger partial charge < -0.3 is 29.6 Å². The van der Waals surface area contributed by atoms with Crippen LogP contribution >= 0.6 is 0 Å². The lowest BCUT2D eigenvalue weighted by molar-refractivity contribution is 0.120. The lowest BCUT2D eigenvalue weighted by Gasteiger charge is -2.28. The van der Waals surface area contributed by atoms with Crippen LogP contribution in [0.25, 0.3) is 10.9 Å². The number of hydrogen-bond donors (Lipinski definition) is 2. The first-order valence-electron chi connectivity index (χ1n) is 13.7. The number of primary amides is 1. The van der Waals surface area contributed by atoms with Crippen molar-refractivity contribution in [1.82, 2.24) is 14.4 Å². The number of nitrogens with zero attached hydrogens (tertiary/aromatic N) is 4. The molecule has 0 spiro atoms. The molecule has 1 saturated heterocycles. The van der Waals surface area contributed by atoms with E-state index in [2.05, 4.69) is 39.4 Å². The van der Waals surface area contributed by atoms with Gasteiger partial charge in [0.05, 0.1) is 17.1 Å². The van der Waals surface area contributed by atoms with E-state index in [9.17, 15) is 10.1 Å². The van der Waals surface area contributed by atoms with Crippen LogP contribution in [0.15, 0.2) is 72.2 Å². The zero-order valence-electron chi connectivity index (χ0n) is 22.3. The molecule has 3 N–H and O–H groups in total. The minimum atomic E-state index is -0.595. The van der Waals surface area contributed by atoms with Crippen LogP contribution in [0.2, 0.25) is 0 Å². The van der Waals surface area contributed by atoms with Crippen molar-refractivity contribution in [3.8, 4) is 6.07 Å². The van der Waals surface area contributed by atoms with Gasteiger partial charge >= 0.3 is 6.03 Å². The number of anilines is 1. The Morgan fingerprint density at radius 3 is 2.82 bits per heavy atom. The van der Waals surface area contributed by atoms with E-state index in [1.165, 1.54) is 5.57 Å². The van der Waals surface area contributed by atoms with E-state index in [0.717, 1.165) is 100 Å². The van der Waals surface area contributed by atoms with E-state index < -0.39 is 6.03 Å². The molecule has 0 bridgehead atoms. The van der Waals surface area contributed by atoms with Crippen LogP contribution in [-0.2, 0) is 16.0 Å². The Labute approximate surface area is 229 Å². The summed E-state index contributed by atoms with van der Waals surface area (Å²) in [5, 5.41) is 13.0. The van der Waals surface area contributed by atoms with Gasteiger partial charge in [-0.15, -0.1) is 0 Å². The fraction of sp³-hybridized carbons (Fsp3) is 0.400. The number of unbranched alkanes of at least 4 members (excludes halogenated alkanes) is 1. The molecule has 0 unspecified atom stereocenters. The summed E-state index contributed by atoms with van der Waals surface area (Å²) in [6.07, 6.45) is 15.9. The smallest absolute Gasteiger partial charge is 0.317 e. The number of aromatic nitrogens is 1. The fourth-order valence-corrected chi connectivity index (χ4v) is 5.41. The quantitative estimate of drug-likeness (QED) is 0.436. The van der Waals surface area contributed by atoms with Crippen molar-refractivity contribution in [2.75, 3.05) is 38.0 Å².